The summed E-state index contributed by atoms with van der Waals surface area (Å²) in [5.74, 6) is 1.58. The molecule has 2 aromatic heterocycles. The number of rotatable bonds is 6. The van der Waals surface area contributed by atoms with Crippen molar-refractivity contribution in [3.05, 3.63) is 47.4 Å². The van der Waals surface area contributed by atoms with Gasteiger partial charge in [-0.25, -0.2) is 9.67 Å². The van der Waals surface area contributed by atoms with Crippen molar-refractivity contribution in [1.29, 1.82) is 0 Å². The van der Waals surface area contributed by atoms with Crippen molar-refractivity contribution >= 4 is 23.4 Å². The van der Waals surface area contributed by atoms with Crippen LogP contribution in [0.3, 0.4) is 0 Å². The molecule has 146 valence electrons. The van der Waals surface area contributed by atoms with Crippen LogP contribution in [0.5, 0.6) is 5.75 Å². The number of carbonyl (C=O) groups excluding carboxylic acids is 1. The lowest BCUT2D eigenvalue weighted by molar-refractivity contribution is 0.0957. The molecule has 3 N–H and O–H groups in total. The highest BCUT2D eigenvalue weighted by Gasteiger charge is 2.16. The van der Waals surface area contributed by atoms with Gasteiger partial charge in [0.2, 0.25) is 5.95 Å². The monoisotopic (exact) mass is 381 g/mol. The molecule has 0 aliphatic rings. The van der Waals surface area contributed by atoms with E-state index >= 15 is 0 Å². The molecular formula is C19H23N7O2. The Balaban J connectivity index is 1.99. The van der Waals surface area contributed by atoms with Crippen molar-refractivity contribution in [2.75, 3.05) is 31.8 Å². The Hall–Kier alpha value is -3.62. The van der Waals surface area contributed by atoms with Crippen LogP contribution in [0, 0.1) is 13.8 Å². The molecule has 0 aliphatic carbocycles. The minimum Gasteiger partial charge on any atom is -0.494 e. The molecule has 3 rings (SSSR count). The summed E-state index contributed by atoms with van der Waals surface area (Å²) in [4.78, 5) is 20.8. The molecule has 1 amide bonds. The second-order valence-corrected chi connectivity index (χ2v) is 6.16. The van der Waals surface area contributed by atoms with Crippen LogP contribution in [0.15, 0.2) is 30.5 Å². The van der Waals surface area contributed by atoms with Gasteiger partial charge in [0.05, 0.1) is 7.11 Å². The summed E-state index contributed by atoms with van der Waals surface area (Å²) in [5, 5.41) is 13.2. The quantitative estimate of drug-likeness (QED) is 0.602. The van der Waals surface area contributed by atoms with Crippen molar-refractivity contribution < 1.29 is 9.53 Å². The fourth-order valence-corrected chi connectivity index (χ4v) is 2.75. The summed E-state index contributed by atoms with van der Waals surface area (Å²) in [6, 6.07) is 7.41. The topological polar surface area (TPSA) is 106 Å². The number of hydrogen-bond donors (Lipinski definition) is 3. The molecule has 0 bridgehead atoms. The molecule has 0 saturated heterocycles. The number of ether oxygens (including phenoxy) is 1. The number of methoxy groups -OCH3 is 1. The second-order valence-electron chi connectivity index (χ2n) is 6.16. The van der Waals surface area contributed by atoms with Crippen LogP contribution < -0.4 is 20.7 Å². The van der Waals surface area contributed by atoms with Crippen LogP contribution in [-0.2, 0) is 0 Å². The van der Waals surface area contributed by atoms with Gasteiger partial charge < -0.3 is 20.7 Å². The zero-order chi connectivity index (χ0) is 20.3. The van der Waals surface area contributed by atoms with Gasteiger partial charge in [-0.3, -0.25) is 4.79 Å². The highest BCUT2D eigenvalue weighted by Crippen LogP contribution is 2.28. The van der Waals surface area contributed by atoms with E-state index in [2.05, 4.69) is 31.0 Å². The molecule has 0 fully saturated rings. The van der Waals surface area contributed by atoms with E-state index in [0.29, 0.717) is 23.1 Å². The number of carbonyl (C=O) groups is 1. The summed E-state index contributed by atoms with van der Waals surface area (Å²) in [5.41, 5.74) is 3.42. The van der Waals surface area contributed by atoms with Crippen molar-refractivity contribution in [3.63, 3.8) is 0 Å². The van der Waals surface area contributed by atoms with E-state index in [-0.39, 0.29) is 5.91 Å². The number of amides is 1. The third-order valence-electron chi connectivity index (χ3n) is 4.13. The number of hydrogen-bond acceptors (Lipinski definition) is 7. The number of anilines is 3. The molecule has 9 heteroatoms. The largest absolute Gasteiger partial charge is 0.494 e. The Kier molecular flexibility index (Phi) is 5.44. The second kappa shape index (κ2) is 7.95. The molecule has 9 nitrogen and oxygen atoms in total. The zero-order valence-corrected chi connectivity index (χ0v) is 16.5. The number of aryl methyl sites for hydroxylation is 2. The van der Waals surface area contributed by atoms with Gasteiger partial charge in [-0.2, -0.15) is 10.1 Å². The maximum Gasteiger partial charge on any atom is 0.271 e. The first kappa shape index (κ1) is 19.2. The van der Waals surface area contributed by atoms with Gasteiger partial charge in [0.25, 0.3) is 5.91 Å². The van der Waals surface area contributed by atoms with E-state index in [1.165, 1.54) is 0 Å². The summed E-state index contributed by atoms with van der Waals surface area (Å²) in [7, 11) is 4.97. The fourth-order valence-electron chi connectivity index (χ4n) is 2.75. The molecular weight excluding hydrogens is 358 g/mol. The Morgan fingerprint density at radius 3 is 2.61 bits per heavy atom. The first-order valence-corrected chi connectivity index (χ1v) is 8.72. The lowest BCUT2D eigenvalue weighted by Crippen LogP contribution is -2.19. The zero-order valence-electron chi connectivity index (χ0n) is 16.5. The summed E-state index contributed by atoms with van der Waals surface area (Å²) >= 11 is 0. The SMILES string of the molecule is CNC(=O)c1nn(-c2cc(Nc3nc(C)cc(NC)n3)ccc2OC)cc1C. The van der Waals surface area contributed by atoms with Crippen LogP contribution in [0.25, 0.3) is 5.69 Å². The first-order valence-electron chi connectivity index (χ1n) is 8.72. The molecule has 0 unspecified atom stereocenters. The van der Waals surface area contributed by atoms with E-state index in [0.717, 1.165) is 22.8 Å². The summed E-state index contributed by atoms with van der Waals surface area (Å²) in [6.07, 6.45) is 1.79. The van der Waals surface area contributed by atoms with E-state index < -0.39 is 0 Å². The molecule has 3 aromatic rings. The molecule has 0 radical (unpaired) electrons. The normalized spacial score (nSPS) is 10.5. The highest BCUT2D eigenvalue weighted by molar-refractivity contribution is 5.93. The van der Waals surface area contributed by atoms with Gasteiger partial charge in [-0.15, -0.1) is 0 Å². The average molecular weight is 381 g/mol. The Morgan fingerprint density at radius 2 is 1.93 bits per heavy atom. The Bertz CT molecular complexity index is 1010. The maximum atomic E-state index is 12.0. The van der Waals surface area contributed by atoms with E-state index in [4.69, 9.17) is 4.74 Å². The number of benzene rings is 1. The van der Waals surface area contributed by atoms with Gasteiger partial charge in [0, 0.05) is 43.3 Å². The number of aromatic nitrogens is 4. The minimum atomic E-state index is -0.239. The van der Waals surface area contributed by atoms with Crippen molar-refractivity contribution in [1.82, 2.24) is 25.1 Å². The molecule has 0 spiro atoms. The molecule has 2 heterocycles. The van der Waals surface area contributed by atoms with Crippen LogP contribution in [0.4, 0.5) is 17.5 Å². The minimum absolute atomic E-state index is 0.239. The lowest BCUT2D eigenvalue weighted by atomic mass is 10.2. The number of nitrogens with one attached hydrogen (secondary N) is 3. The average Bonchev–Trinajstić information content (AvgIpc) is 3.08. The van der Waals surface area contributed by atoms with Gasteiger partial charge in [0.1, 0.15) is 17.3 Å². The van der Waals surface area contributed by atoms with E-state index in [9.17, 15) is 4.79 Å². The summed E-state index contributed by atoms with van der Waals surface area (Å²) in [6.45, 7) is 3.74. The predicted octanol–water partition coefficient (Wildman–Crippen LogP) is 2.43. The van der Waals surface area contributed by atoms with Gasteiger partial charge in [0.15, 0.2) is 5.69 Å². The van der Waals surface area contributed by atoms with Crippen LogP contribution in [-0.4, -0.2) is 46.9 Å². The van der Waals surface area contributed by atoms with Gasteiger partial charge in [-0.1, -0.05) is 0 Å². The Morgan fingerprint density at radius 1 is 1.14 bits per heavy atom. The lowest BCUT2D eigenvalue weighted by Gasteiger charge is -2.12. The fraction of sp³-hybridized carbons (Fsp3) is 0.263. The van der Waals surface area contributed by atoms with Crippen molar-refractivity contribution in [2.45, 2.75) is 13.8 Å². The van der Waals surface area contributed by atoms with Gasteiger partial charge in [-0.05, 0) is 32.0 Å². The van der Waals surface area contributed by atoms with Crippen LogP contribution in [0.2, 0.25) is 0 Å². The smallest absolute Gasteiger partial charge is 0.271 e. The molecule has 0 saturated carbocycles. The first-order chi connectivity index (χ1) is 13.4. The molecule has 1 aromatic carbocycles. The van der Waals surface area contributed by atoms with E-state index in [1.807, 2.05) is 38.1 Å². The number of nitrogens with zero attached hydrogens (tertiary/aromatic N) is 4. The Labute approximate surface area is 163 Å². The van der Waals surface area contributed by atoms with Crippen LogP contribution in [0.1, 0.15) is 21.7 Å². The highest BCUT2D eigenvalue weighted by atomic mass is 16.5. The standard InChI is InChI=1S/C19H23N7O2/c1-11-10-26(25-17(11)18(27)21-4)14-9-13(6-7-15(14)28-5)23-19-22-12(2)8-16(20-3)24-19/h6-10H,1-5H3,(H,21,27)(H2,20,22,23,24). The third-order valence-corrected chi connectivity index (χ3v) is 4.13. The predicted molar refractivity (Wildman–Crippen MR) is 108 cm³/mol. The van der Waals surface area contributed by atoms with Crippen molar-refractivity contribution in [2.24, 2.45) is 0 Å². The van der Waals surface area contributed by atoms with Gasteiger partial charge >= 0.3 is 0 Å². The third kappa shape index (κ3) is 3.88. The van der Waals surface area contributed by atoms with E-state index in [1.54, 1.807) is 32.1 Å². The van der Waals surface area contributed by atoms with Crippen LogP contribution >= 0.6 is 0 Å². The molecule has 0 aliphatic heterocycles. The summed E-state index contributed by atoms with van der Waals surface area (Å²) < 4.78 is 7.09. The van der Waals surface area contributed by atoms with Crippen molar-refractivity contribution in [3.8, 4) is 11.4 Å². The molecule has 0 atom stereocenters. The molecule has 28 heavy (non-hydrogen) atoms. The maximum absolute atomic E-state index is 12.0.